The minimum Gasteiger partial charge on any atom is -0.433 e. The maximum absolute atomic E-state index is 12.4. The molecule has 11 heteroatoms. The van der Waals surface area contributed by atoms with Crippen LogP contribution >= 0.6 is 0 Å². The van der Waals surface area contributed by atoms with Crippen LogP contribution < -0.4 is 0 Å². The maximum atomic E-state index is 12.4. The van der Waals surface area contributed by atoms with Gasteiger partial charge in [0.2, 0.25) is 0 Å². The van der Waals surface area contributed by atoms with Gasteiger partial charge in [-0.3, -0.25) is 0 Å². The molecule has 1 heterocycles. The summed E-state index contributed by atoms with van der Waals surface area (Å²) in [6, 6.07) is 18.8. The van der Waals surface area contributed by atoms with Crippen LogP contribution in [0.1, 0.15) is 11.1 Å². The standard InChI is InChI=1S/C25H32O10S/c1-30-24-23(33-17-19-11-7-4-8-12-19)22(32-16-18-9-5-3-6-10-18)21(20(15-26)34-24)35-25(27)31-13-14-36(2,28)29/h3-12,20-24,26H,13-17H2,1-2H3/t20-,21-,22+,23-,24+/m1/s1. The first kappa shape index (κ1) is 28.0. The summed E-state index contributed by atoms with van der Waals surface area (Å²) in [6.07, 6.45) is -4.88. The molecule has 0 aliphatic carbocycles. The number of methoxy groups -OCH3 is 1. The lowest BCUT2D eigenvalue weighted by molar-refractivity contribution is -0.314. The van der Waals surface area contributed by atoms with E-state index in [-0.39, 0.29) is 25.6 Å². The number of hydrogen-bond acceptors (Lipinski definition) is 10. The molecule has 2 aromatic carbocycles. The lowest BCUT2D eigenvalue weighted by Crippen LogP contribution is -2.61. The summed E-state index contributed by atoms with van der Waals surface area (Å²) in [5.74, 6) is -0.352. The van der Waals surface area contributed by atoms with Crippen LogP contribution in [0.3, 0.4) is 0 Å². The van der Waals surface area contributed by atoms with Gasteiger partial charge < -0.3 is 33.5 Å². The Kier molecular flexibility index (Phi) is 10.7. The van der Waals surface area contributed by atoms with E-state index >= 15 is 0 Å². The Labute approximate surface area is 210 Å². The zero-order valence-corrected chi connectivity index (χ0v) is 21.0. The molecule has 10 nitrogen and oxygen atoms in total. The van der Waals surface area contributed by atoms with Crippen LogP contribution in [0.4, 0.5) is 4.79 Å². The van der Waals surface area contributed by atoms with Gasteiger partial charge in [-0.1, -0.05) is 60.7 Å². The molecule has 5 atom stereocenters. The quantitative estimate of drug-likeness (QED) is 0.412. The van der Waals surface area contributed by atoms with Gasteiger partial charge in [0.05, 0.1) is 25.6 Å². The molecule has 2 aromatic rings. The first-order valence-electron chi connectivity index (χ1n) is 11.4. The summed E-state index contributed by atoms with van der Waals surface area (Å²) in [4.78, 5) is 12.4. The van der Waals surface area contributed by atoms with Crippen molar-refractivity contribution in [3.05, 3.63) is 71.8 Å². The Morgan fingerprint density at radius 3 is 1.97 bits per heavy atom. The second-order valence-electron chi connectivity index (χ2n) is 8.29. The fraction of sp³-hybridized carbons (Fsp3) is 0.480. The minimum atomic E-state index is -3.33. The van der Waals surface area contributed by atoms with Crippen LogP contribution in [0.25, 0.3) is 0 Å². The van der Waals surface area contributed by atoms with Gasteiger partial charge in [0.15, 0.2) is 22.2 Å². The molecule has 1 saturated heterocycles. The smallest absolute Gasteiger partial charge is 0.433 e. The van der Waals surface area contributed by atoms with Gasteiger partial charge in [-0.25, -0.2) is 13.2 Å². The summed E-state index contributed by atoms with van der Waals surface area (Å²) in [6.45, 7) is -0.513. The summed E-state index contributed by atoms with van der Waals surface area (Å²) >= 11 is 0. The Hall–Kier alpha value is -2.54. The average Bonchev–Trinajstić information content (AvgIpc) is 2.87. The normalized spacial score (nSPS) is 24.2. The van der Waals surface area contributed by atoms with Crippen molar-refractivity contribution in [2.45, 2.75) is 43.9 Å². The van der Waals surface area contributed by atoms with Gasteiger partial charge in [-0.2, -0.15) is 0 Å². The SMILES string of the molecule is CO[C@H]1O[C@H](CO)[C@@H](OC(=O)OCCS(C)(=O)=O)[C@H](OCc2ccccc2)[C@H]1OCc1ccccc1. The molecule has 198 valence electrons. The minimum absolute atomic E-state index is 0.161. The molecule has 0 bridgehead atoms. The van der Waals surface area contributed by atoms with Crippen molar-refractivity contribution >= 4 is 16.0 Å². The number of benzene rings is 2. The average molecular weight is 525 g/mol. The van der Waals surface area contributed by atoms with E-state index in [4.69, 9.17) is 28.4 Å². The van der Waals surface area contributed by atoms with Crippen LogP contribution in [-0.4, -0.2) is 82.7 Å². The lowest BCUT2D eigenvalue weighted by atomic mass is 9.98. The maximum Gasteiger partial charge on any atom is 0.508 e. The Bertz CT molecular complexity index is 1030. The van der Waals surface area contributed by atoms with E-state index in [1.807, 2.05) is 60.7 Å². The summed E-state index contributed by atoms with van der Waals surface area (Å²) < 4.78 is 56.7. The largest absolute Gasteiger partial charge is 0.508 e. The lowest BCUT2D eigenvalue weighted by Gasteiger charge is -2.44. The third-order valence-corrected chi connectivity index (χ3v) is 6.39. The molecule has 0 spiro atoms. The molecule has 1 N–H and O–H groups in total. The second kappa shape index (κ2) is 13.7. The Morgan fingerprint density at radius 2 is 1.47 bits per heavy atom. The predicted molar refractivity (Wildman–Crippen MR) is 129 cm³/mol. The van der Waals surface area contributed by atoms with Crippen LogP contribution in [0, 0.1) is 0 Å². The highest BCUT2D eigenvalue weighted by molar-refractivity contribution is 7.90. The monoisotopic (exact) mass is 524 g/mol. The van der Waals surface area contributed by atoms with E-state index in [0.29, 0.717) is 0 Å². The second-order valence-corrected chi connectivity index (χ2v) is 10.6. The number of ether oxygens (including phenoxy) is 6. The fourth-order valence-electron chi connectivity index (χ4n) is 3.68. The first-order valence-corrected chi connectivity index (χ1v) is 13.5. The van der Waals surface area contributed by atoms with Gasteiger partial charge in [-0.05, 0) is 11.1 Å². The topological polar surface area (TPSA) is 127 Å². The Balaban J connectivity index is 1.80. The van der Waals surface area contributed by atoms with E-state index in [0.717, 1.165) is 17.4 Å². The van der Waals surface area contributed by atoms with E-state index in [2.05, 4.69) is 0 Å². The highest BCUT2D eigenvalue weighted by Crippen LogP contribution is 2.30. The van der Waals surface area contributed by atoms with Crippen molar-refractivity contribution in [3.8, 4) is 0 Å². The zero-order valence-electron chi connectivity index (χ0n) is 20.2. The van der Waals surface area contributed by atoms with Crippen molar-refractivity contribution in [1.29, 1.82) is 0 Å². The molecule has 3 rings (SSSR count). The van der Waals surface area contributed by atoms with Crippen LogP contribution in [0.2, 0.25) is 0 Å². The first-order chi connectivity index (χ1) is 17.3. The molecule has 0 saturated carbocycles. The third-order valence-electron chi connectivity index (χ3n) is 5.48. The number of hydrogen-bond donors (Lipinski definition) is 1. The molecule has 0 unspecified atom stereocenters. The molecule has 0 aromatic heterocycles. The van der Waals surface area contributed by atoms with Crippen molar-refractivity contribution in [1.82, 2.24) is 0 Å². The van der Waals surface area contributed by atoms with Gasteiger partial charge in [0, 0.05) is 13.4 Å². The number of sulfone groups is 1. The molecule has 0 amide bonds. The fourth-order valence-corrected chi connectivity index (χ4v) is 4.06. The highest BCUT2D eigenvalue weighted by atomic mass is 32.2. The number of carbonyl (C=O) groups excluding carboxylic acids is 1. The molecular weight excluding hydrogens is 492 g/mol. The summed E-state index contributed by atoms with van der Waals surface area (Å²) in [5, 5.41) is 9.98. The van der Waals surface area contributed by atoms with Crippen LogP contribution in [0.5, 0.6) is 0 Å². The van der Waals surface area contributed by atoms with Crippen molar-refractivity contribution in [3.63, 3.8) is 0 Å². The van der Waals surface area contributed by atoms with E-state index in [9.17, 15) is 18.3 Å². The molecule has 1 fully saturated rings. The van der Waals surface area contributed by atoms with Gasteiger partial charge >= 0.3 is 6.16 Å². The van der Waals surface area contributed by atoms with Crippen molar-refractivity contribution in [2.24, 2.45) is 0 Å². The molecule has 36 heavy (non-hydrogen) atoms. The summed E-state index contributed by atoms with van der Waals surface area (Å²) in [7, 11) is -1.89. The summed E-state index contributed by atoms with van der Waals surface area (Å²) in [5.41, 5.74) is 1.77. The number of carbonyl (C=O) groups is 1. The van der Waals surface area contributed by atoms with Gasteiger partial charge in [-0.15, -0.1) is 0 Å². The third kappa shape index (κ3) is 8.54. The van der Waals surface area contributed by atoms with E-state index in [1.165, 1.54) is 7.11 Å². The number of aliphatic hydroxyl groups excluding tert-OH is 1. The van der Waals surface area contributed by atoms with Crippen LogP contribution in [0.15, 0.2) is 60.7 Å². The zero-order chi connectivity index (χ0) is 26.0. The molecule has 1 aliphatic rings. The van der Waals surface area contributed by atoms with Gasteiger partial charge in [0.25, 0.3) is 0 Å². The van der Waals surface area contributed by atoms with Crippen molar-refractivity contribution < 1.29 is 46.7 Å². The highest BCUT2D eigenvalue weighted by Gasteiger charge is 2.50. The predicted octanol–water partition coefficient (Wildman–Crippen LogP) is 2.09. The number of rotatable bonds is 12. The molecule has 1 aliphatic heterocycles. The van der Waals surface area contributed by atoms with E-state index in [1.54, 1.807) is 0 Å². The molecular formula is C25H32O10S. The van der Waals surface area contributed by atoms with Crippen molar-refractivity contribution in [2.75, 3.05) is 32.3 Å². The van der Waals surface area contributed by atoms with E-state index < -0.39 is 53.3 Å². The molecule has 0 radical (unpaired) electrons. The number of aliphatic hydroxyl groups is 1. The van der Waals surface area contributed by atoms with Gasteiger partial charge in [0.1, 0.15) is 24.9 Å². The Morgan fingerprint density at radius 1 is 0.917 bits per heavy atom. The van der Waals surface area contributed by atoms with Crippen LogP contribution in [-0.2, 0) is 51.5 Å².